The fraction of sp³-hybridized carbons (Fsp3) is 0.617. The predicted octanol–water partition coefficient (Wildman–Crippen LogP) is 2.65. The van der Waals surface area contributed by atoms with Gasteiger partial charge in [0.25, 0.3) is 0 Å². The van der Waals surface area contributed by atoms with Crippen molar-refractivity contribution in [2.24, 2.45) is 83.6 Å². The molecule has 7 aliphatic heterocycles. The van der Waals surface area contributed by atoms with Crippen LogP contribution < -0.4 is 39.3 Å². The van der Waals surface area contributed by atoms with Gasteiger partial charge in [-0.3, -0.25) is 53.1 Å². The van der Waals surface area contributed by atoms with Crippen LogP contribution in [-0.4, -0.2) is 138 Å². The highest BCUT2D eigenvalue weighted by molar-refractivity contribution is 7.53. The number of carbonyl (C=O) groups is 7. The van der Waals surface area contributed by atoms with E-state index < -0.39 is 143 Å². The third kappa shape index (κ3) is 11.4. The van der Waals surface area contributed by atoms with Gasteiger partial charge in [0.2, 0.25) is 35.4 Å². The minimum Gasteiger partial charge on any atom is -0.451 e. The van der Waals surface area contributed by atoms with E-state index in [9.17, 15) is 53.2 Å². The zero-order valence-electron chi connectivity index (χ0n) is 50.8. The first-order chi connectivity index (χ1) is 40.6. The maximum atomic E-state index is 14.3. The molecule has 15 atom stereocenters. The Morgan fingerprint density at radius 1 is 0.874 bits per heavy atom. The van der Waals surface area contributed by atoms with Crippen LogP contribution in [0.4, 0.5) is 0 Å². The minimum atomic E-state index is -4.84. The molecular weight excluding hydrogens is 1140 g/mol. The molecule has 0 radical (unpaired) electrons. The summed E-state index contributed by atoms with van der Waals surface area (Å²) >= 11 is 0. The molecule has 8 bridgehead atoms. The number of nitrogens with two attached hydrogens (primary N) is 5. The molecule has 3 saturated heterocycles. The highest BCUT2D eigenvalue weighted by Gasteiger charge is 2.68. The zero-order chi connectivity index (χ0) is 63.8. The minimum absolute atomic E-state index is 0.0416. The van der Waals surface area contributed by atoms with Gasteiger partial charge in [-0.15, -0.1) is 0 Å². The lowest BCUT2D eigenvalue weighted by molar-refractivity contribution is -0.148. The molecule has 7 aliphatic rings. The van der Waals surface area contributed by atoms with Crippen LogP contribution in [0.25, 0.3) is 11.0 Å². The standard InChI is InChI=1S/C60H83N12O14P/c1-28-18-37-38(19-29(28)2)72(27-67-37)55-52(81)53(39(26-73)84-55)87(82,83)86-30(3)25-66-48(79)15-10-32-33(20-46(64)77)54-59(9)57(7,23-47(65)78)34(11-13-43(61)74)36(71-59)21-41-58(8)24-49(80)85-60(58,17-16-45(63)76)42(68-41)22-40-56(5,6)35(12-14-44(62)75)51(69-40)31(4)50(32)70-54/h18-19,21-22,27,30,32-35,39,52-55,71,73,81H,10-17,20,23-26H2,1-9H3,(H2,61,74)(H2,62,75)(H2,63,76)(H2,64,77)(H2,65,78)(H,66,79)(H,82,83)/b36-21-,42-22-,51-31-/t30-,32-,33-,34-,35-,39-,52-,53-,54?,55+,57+,58-,59-,60+/m1/s1. The van der Waals surface area contributed by atoms with E-state index in [4.69, 9.17) is 57.6 Å². The monoisotopic (exact) mass is 1230 g/mol. The Kier molecular flexibility index (Phi) is 17.4. The van der Waals surface area contributed by atoms with Crippen molar-refractivity contribution in [2.75, 3.05) is 13.2 Å². The number of hydrogen-bond acceptors (Lipinski definition) is 18. The van der Waals surface area contributed by atoms with Crippen molar-refractivity contribution >= 4 is 77.2 Å². The molecule has 0 spiro atoms. The van der Waals surface area contributed by atoms with Crippen molar-refractivity contribution in [3.63, 3.8) is 0 Å². The number of amides is 6. The van der Waals surface area contributed by atoms with E-state index in [1.54, 1.807) is 16.7 Å². The molecule has 87 heavy (non-hydrogen) atoms. The second-order valence-corrected chi connectivity index (χ2v) is 28.1. The van der Waals surface area contributed by atoms with E-state index >= 15 is 0 Å². The number of esters is 1. The summed E-state index contributed by atoms with van der Waals surface area (Å²) in [6, 6.07) is 2.78. The number of imidazole rings is 1. The molecule has 2 unspecified atom stereocenters. The van der Waals surface area contributed by atoms with Crippen LogP contribution in [0.2, 0.25) is 0 Å². The lowest BCUT2D eigenvalue weighted by Gasteiger charge is -2.47. The number of ether oxygens (including phenoxy) is 2. The normalized spacial score (nSPS) is 35.2. The van der Waals surface area contributed by atoms with E-state index in [-0.39, 0.29) is 82.9 Å². The molecule has 472 valence electrons. The van der Waals surface area contributed by atoms with E-state index in [1.165, 1.54) is 13.3 Å². The van der Waals surface area contributed by atoms with Crippen molar-refractivity contribution in [3.8, 4) is 0 Å². The third-order valence-electron chi connectivity index (χ3n) is 20.2. The molecule has 0 saturated carbocycles. The Morgan fingerprint density at radius 3 is 2.16 bits per heavy atom. The maximum absolute atomic E-state index is 14.3. The summed E-state index contributed by atoms with van der Waals surface area (Å²) in [5.41, 5.74) is 28.3. The molecule has 26 nitrogen and oxygen atoms in total. The lowest BCUT2D eigenvalue weighted by atomic mass is 9.58. The van der Waals surface area contributed by atoms with Gasteiger partial charge in [0.05, 0.1) is 64.9 Å². The average molecular weight is 1230 g/mol. The van der Waals surface area contributed by atoms with Gasteiger partial charge in [-0.1, -0.05) is 20.8 Å². The number of carbonyl (C=O) groups excluding carboxylic acids is 7. The lowest BCUT2D eigenvalue weighted by Crippen LogP contribution is -2.60. The molecule has 1 aromatic heterocycles. The Balaban J connectivity index is 1.10. The highest BCUT2D eigenvalue weighted by atomic mass is 31.2. The summed E-state index contributed by atoms with van der Waals surface area (Å²) in [5, 5.41) is 28.6. The first kappa shape index (κ1) is 64.5. The Bertz CT molecular complexity index is 3480. The maximum Gasteiger partial charge on any atom is 0.337 e. The average Bonchev–Trinajstić information content (AvgIpc) is 1.55. The Morgan fingerprint density at radius 2 is 1.53 bits per heavy atom. The molecule has 0 aliphatic carbocycles. The number of aromatic nitrogens is 2. The first-order valence-electron chi connectivity index (χ1n) is 29.6. The Labute approximate surface area is 504 Å². The number of aryl methyl sites for hydroxylation is 2. The molecular formula is C60H83N12O14P. The van der Waals surface area contributed by atoms with Crippen LogP contribution in [-0.2, 0) is 52.1 Å². The first-order valence-corrected chi connectivity index (χ1v) is 31.3. The predicted molar refractivity (Wildman–Crippen MR) is 319 cm³/mol. The van der Waals surface area contributed by atoms with Gasteiger partial charge in [0.15, 0.2) is 11.8 Å². The highest BCUT2D eigenvalue weighted by Crippen LogP contribution is 2.62. The SMILES string of the molecule is C/C1=C2N=C(/C=C3N=C(/C=C4\N[C@](C)(C5N=C1[C@H](CCC(=O)NC[C@@H](C)OP(=O)(O)[C@H]1[C@@H](O)[C@@H](n6cnc7cc(C)c(C)cc76)O[C@@H]1CO)[C@H]5CC(N)=O)[C@@](C)(CC(N)=O)[C@@H]4CCC(N)=O)[C@@]1(C)CC(=O)O[C@@]\31CCC(N)=O)C(C)(C)[C@@H]/2CCC(N)=O. The molecule has 1 aromatic carbocycles. The van der Waals surface area contributed by atoms with Crippen LogP contribution in [0.1, 0.15) is 136 Å². The molecule has 15 N–H and O–H groups in total. The number of nitrogens with one attached hydrogen (secondary N) is 2. The summed E-state index contributed by atoms with van der Waals surface area (Å²) in [6.07, 6.45) is -1.25. The molecule has 27 heteroatoms. The second kappa shape index (κ2) is 23.5. The topological polar surface area (TPSA) is 434 Å². The number of primary amides is 5. The molecule has 8 heterocycles. The second-order valence-electron chi connectivity index (χ2n) is 26.2. The quantitative estimate of drug-likeness (QED) is 0.0565. The fourth-order valence-electron chi connectivity index (χ4n) is 15.2. The zero-order valence-corrected chi connectivity index (χ0v) is 51.6. The van der Waals surface area contributed by atoms with E-state index in [2.05, 4.69) is 15.6 Å². The number of nitrogens with zero attached hydrogens (tertiary/aromatic N) is 5. The van der Waals surface area contributed by atoms with Gasteiger partial charge in [-0.25, -0.2) is 4.98 Å². The smallest absolute Gasteiger partial charge is 0.337 e. The van der Waals surface area contributed by atoms with Crippen molar-refractivity contribution in [2.45, 2.75) is 180 Å². The van der Waals surface area contributed by atoms with E-state index in [0.717, 1.165) is 11.1 Å². The number of benzene rings is 1. The van der Waals surface area contributed by atoms with Crippen LogP contribution in [0, 0.1) is 53.8 Å². The van der Waals surface area contributed by atoms with Crippen LogP contribution in [0.5, 0.6) is 0 Å². The van der Waals surface area contributed by atoms with Gasteiger partial charge >= 0.3 is 13.6 Å². The van der Waals surface area contributed by atoms with E-state index in [0.29, 0.717) is 45.1 Å². The third-order valence-corrected chi connectivity index (χ3v) is 22.3. The number of aliphatic hydroxyl groups excluding tert-OH is 2. The summed E-state index contributed by atoms with van der Waals surface area (Å²) in [7, 11) is -4.84. The van der Waals surface area contributed by atoms with Crippen LogP contribution in [0.15, 0.2) is 68.3 Å². The number of allylic oxidation sites excluding steroid dienone is 5. The largest absolute Gasteiger partial charge is 0.451 e. The number of aliphatic imine (C=N–C) groups is 3. The summed E-state index contributed by atoms with van der Waals surface area (Å²) in [6.45, 7) is 15.6. The van der Waals surface area contributed by atoms with Gasteiger partial charge < -0.3 is 73.0 Å². The van der Waals surface area contributed by atoms with Gasteiger partial charge in [-0.05, 0) is 102 Å². The van der Waals surface area contributed by atoms with Crippen LogP contribution in [0.3, 0.4) is 0 Å². The van der Waals surface area contributed by atoms with Crippen molar-refractivity contribution < 1.29 is 67.2 Å². The Hall–Kier alpha value is -6.96. The van der Waals surface area contributed by atoms with E-state index in [1.807, 2.05) is 67.5 Å². The van der Waals surface area contributed by atoms with Gasteiger partial charge in [0.1, 0.15) is 17.9 Å². The van der Waals surface area contributed by atoms with Gasteiger partial charge in [0, 0.05) is 109 Å². The summed E-state index contributed by atoms with van der Waals surface area (Å²) in [5.74, 6) is -7.08. The number of aliphatic hydroxyl groups is 2. The molecule has 2 aromatic rings. The summed E-state index contributed by atoms with van der Waals surface area (Å²) in [4.78, 5) is 126. The van der Waals surface area contributed by atoms with Crippen molar-refractivity contribution in [3.05, 3.63) is 64.4 Å². The fourth-order valence-corrected chi connectivity index (χ4v) is 17.1. The van der Waals surface area contributed by atoms with Gasteiger partial charge in [-0.2, -0.15) is 0 Å². The van der Waals surface area contributed by atoms with Crippen LogP contribution >= 0.6 is 7.60 Å². The van der Waals surface area contributed by atoms with Crippen molar-refractivity contribution in [1.29, 1.82) is 0 Å². The number of hydrogen-bond donors (Lipinski definition) is 10. The number of rotatable bonds is 23. The summed E-state index contributed by atoms with van der Waals surface area (Å²) < 4.78 is 33.8. The molecule has 6 amide bonds. The molecule has 3 fully saturated rings. The van der Waals surface area contributed by atoms with Crippen molar-refractivity contribution in [1.82, 2.24) is 20.2 Å². The molecule has 9 rings (SSSR count). The number of fused-ring (bicyclic) bond motifs is 10.